The van der Waals surface area contributed by atoms with Gasteiger partial charge < -0.3 is 54.0 Å². The van der Waals surface area contributed by atoms with Gasteiger partial charge in [-0.25, -0.2) is 0 Å². The molecule has 4 aliphatic rings. The number of hydrogen-bond acceptors (Lipinski definition) is 16. The van der Waals surface area contributed by atoms with Crippen LogP contribution in [0, 0.1) is 53.3 Å². The molecule has 0 aromatic heterocycles. The van der Waals surface area contributed by atoms with Crippen molar-refractivity contribution >= 4 is 82.1 Å². The molecule has 0 aromatic rings. The first-order valence-electron chi connectivity index (χ1n) is 34.5. The lowest BCUT2D eigenvalue weighted by Crippen LogP contribution is -2.55. The maximum absolute atomic E-state index is 15.1. The number of carboxylic acids is 2. The number of primary amides is 2. The van der Waals surface area contributed by atoms with Crippen LogP contribution in [0.4, 0.5) is 0 Å². The van der Waals surface area contributed by atoms with E-state index in [1.165, 1.54) is 6.92 Å². The zero-order valence-corrected chi connectivity index (χ0v) is 57.4. The Morgan fingerprint density at radius 3 is 1.85 bits per heavy atom. The van der Waals surface area contributed by atoms with Gasteiger partial charge in [0.1, 0.15) is 6.04 Å². The molecule has 7 amide bonds. The van der Waals surface area contributed by atoms with E-state index >= 15 is 4.79 Å². The van der Waals surface area contributed by atoms with Crippen LogP contribution in [0.3, 0.4) is 0 Å². The van der Waals surface area contributed by atoms with Crippen molar-refractivity contribution in [3.63, 3.8) is 0 Å². The average Bonchev–Trinajstić information content (AvgIpc) is 1.86. The monoisotopic (exact) mass is 1330 g/mol. The fourth-order valence-electron chi connectivity index (χ4n) is 13.4. The number of carbonyl (C=O) groups is 13. The number of hydrogen-bond donors (Lipinski definition) is 10. The van der Waals surface area contributed by atoms with Crippen molar-refractivity contribution in [2.75, 3.05) is 19.6 Å². The maximum Gasteiger partial charge on any atom is 0.305 e. The first-order valence-corrected chi connectivity index (χ1v) is 34.5. The second-order valence-electron chi connectivity index (χ2n) is 28.3. The Balaban J connectivity index is 1.80. The van der Waals surface area contributed by atoms with Crippen LogP contribution in [0.1, 0.15) is 209 Å². The van der Waals surface area contributed by atoms with Gasteiger partial charge >= 0.3 is 11.9 Å². The summed E-state index contributed by atoms with van der Waals surface area (Å²) in [6, 6.07) is -5.65. The predicted molar refractivity (Wildman–Crippen MR) is 358 cm³/mol. The Bertz CT molecular complexity index is 2850. The Morgan fingerprint density at radius 1 is 0.684 bits per heavy atom. The van der Waals surface area contributed by atoms with Gasteiger partial charge in [0.05, 0.1) is 48.1 Å². The lowest BCUT2D eigenvalue weighted by atomic mass is 9.81. The molecular formula is C70H110N10O15. The van der Waals surface area contributed by atoms with Crippen LogP contribution in [0.25, 0.3) is 0 Å². The summed E-state index contributed by atoms with van der Waals surface area (Å²) in [5.41, 5.74) is 16.5. The molecule has 25 heteroatoms. The van der Waals surface area contributed by atoms with E-state index in [-0.39, 0.29) is 87.6 Å². The molecule has 0 aromatic carbocycles. The summed E-state index contributed by atoms with van der Waals surface area (Å²) in [4.78, 5) is 187. The van der Waals surface area contributed by atoms with Crippen LogP contribution >= 0.6 is 0 Å². The number of nitrogens with zero attached hydrogens (tertiary/aromatic N) is 2. The number of Topliss-reactive ketones (excluding diaryl/α,β-unsaturated/α-hetero) is 4. The molecule has 4 rings (SSSR count). The van der Waals surface area contributed by atoms with E-state index in [1.807, 2.05) is 72.8 Å². The number of nitrogens with two attached hydrogens (primary N) is 3. The van der Waals surface area contributed by atoms with E-state index in [0.717, 1.165) is 37.8 Å². The molecule has 2 saturated heterocycles. The van der Waals surface area contributed by atoms with Gasteiger partial charge in [0.15, 0.2) is 23.1 Å². The number of aliphatic carboxylic acids is 2. The smallest absolute Gasteiger partial charge is 0.305 e. The summed E-state index contributed by atoms with van der Waals surface area (Å²) < 4.78 is 0. The number of aliphatic imine (C=N–C) groups is 1. The minimum atomic E-state index is -1.69. The van der Waals surface area contributed by atoms with E-state index in [1.54, 1.807) is 6.20 Å². The number of fused-ring (bicyclic) bond motifs is 3. The molecule has 0 saturated carbocycles. The van der Waals surface area contributed by atoms with Crippen molar-refractivity contribution in [2.45, 2.75) is 245 Å². The number of ketones is 4. The topological polar surface area (TPSA) is 416 Å². The number of amides is 7. The van der Waals surface area contributed by atoms with Gasteiger partial charge in [-0.3, -0.25) is 72.2 Å². The molecule has 3 unspecified atom stereocenters. The summed E-state index contributed by atoms with van der Waals surface area (Å²) in [7, 11) is 0. The molecule has 0 radical (unpaired) electrons. The Labute approximate surface area is 560 Å². The molecule has 1 aliphatic carbocycles. The summed E-state index contributed by atoms with van der Waals surface area (Å²) in [5.74, 6) is -16.1. The van der Waals surface area contributed by atoms with Gasteiger partial charge in [-0.15, -0.1) is 0 Å². The van der Waals surface area contributed by atoms with Crippen LogP contribution in [0.5, 0.6) is 0 Å². The fourth-order valence-corrected chi connectivity index (χ4v) is 13.4. The van der Waals surface area contributed by atoms with E-state index in [0.29, 0.717) is 50.8 Å². The van der Waals surface area contributed by atoms with Gasteiger partial charge in [0, 0.05) is 73.9 Å². The highest BCUT2D eigenvalue weighted by molar-refractivity contribution is 6.04. The standard InChI is InChI=1S/C70H110N10O15/c1-41(2)30-47-35-59(83)55(39-63(88)89)77-69(95)50-25-29-80(44(50)7)28-19-13-11-9-10-12-17-26-70(8,60(84)37-46(23-24-62(86)87)66(92)78-56(64(73)90)38-61(72)85)79-68(94)48(31-42(3)4)36-58(82)53(32-43(5)6)75-65(91)45(20-16-18-27-71)34-57(81)54(76-67(47)93)33-49-40-74-52-22-15-14-21-51(49)52/h14-15,21-22,40-48,50-51,53-56H,9-13,16-20,23-39,71H2,1-8H3,(H2,72,85)(H2,73,90)(H,75,91)(H,76,93)(H,77,95)(H,78,92)(H,79,94)(H,86,87)(H,88,89)/t44?,45-,46-,47-,48-,50+,51?,53+,54+,55+,56+,70+/m1/s1. The lowest BCUT2D eigenvalue weighted by molar-refractivity contribution is -0.141. The van der Waals surface area contributed by atoms with Crippen LogP contribution in [0.2, 0.25) is 0 Å². The van der Waals surface area contributed by atoms with Gasteiger partial charge in [0.25, 0.3) is 0 Å². The number of unbranched alkanes of at least 4 members (excludes halogenated alkanes) is 1. The van der Waals surface area contributed by atoms with Crippen molar-refractivity contribution in [1.82, 2.24) is 31.5 Å². The van der Waals surface area contributed by atoms with E-state index in [2.05, 4.69) is 36.5 Å². The van der Waals surface area contributed by atoms with Gasteiger partial charge in [-0.1, -0.05) is 105 Å². The normalized spacial score (nSPS) is 27.5. The number of carboxylic acid groups (broad SMARTS) is 2. The van der Waals surface area contributed by atoms with E-state index < -0.39 is 174 Å². The maximum atomic E-state index is 15.1. The molecule has 13 N–H and O–H groups in total. The summed E-state index contributed by atoms with van der Waals surface area (Å²) in [5, 5.41) is 33.7. The van der Waals surface area contributed by atoms with Crippen molar-refractivity contribution < 1.29 is 72.5 Å². The highest BCUT2D eigenvalue weighted by atomic mass is 16.4. The third-order valence-electron chi connectivity index (χ3n) is 18.8. The second-order valence-corrected chi connectivity index (χ2v) is 28.3. The minimum absolute atomic E-state index is 0.0248. The molecule has 2 bridgehead atoms. The number of rotatable bonds is 25. The quantitative estimate of drug-likeness (QED) is 0.0512. The van der Waals surface area contributed by atoms with Crippen molar-refractivity contribution in [3.8, 4) is 0 Å². The third kappa shape index (κ3) is 27.0. The molecule has 0 spiro atoms. The van der Waals surface area contributed by atoms with Crippen LogP contribution in [-0.2, 0) is 62.3 Å². The Morgan fingerprint density at radius 2 is 1.25 bits per heavy atom. The van der Waals surface area contributed by atoms with Gasteiger partial charge in [0.2, 0.25) is 41.4 Å². The zero-order chi connectivity index (χ0) is 70.7. The predicted octanol–water partition coefficient (Wildman–Crippen LogP) is 5.39. The molecule has 25 nitrogen and oxygen atoms in total. The minimum Gasteiger partial charge on any atom is -0.481 e. The lowest BCUT2D eigenvalue weighted by Gasteiger charge is -2.33. The highest BCUT2D eigenvalue weighted by Gasteiger charge is 2.42. The van der Waals surface area contributed by atoms with E-state index in [4.69, 9.17) is 17.2 Å². The SMILES string of the molecule is CC(C)C[C@@H]1CC(=O)[C@H](CC(=O)O)NC(=O)[C@H]2CCN(CCCCCCCCC[C@@](C)(C(=O)C[C@@H](CCC(=O)O)C(=O)N[C@@H](CC(N)=O)C(N)=O)NC(=O)[C@H](CC(C)C)CC(=O)[C@H](CC(C)C)NC(=O)[C@H](CCCCN)CC(=O)[C@H](CC3=CN=C4C=CC=CC34)NC1=O)C2C. The first kappa shape index (κ1) is 80.2. The first-order chi connectivity index (χ1) is 44.8. The zero-order valence-electron chi connectivity index (χ0n) is 57.4. The molecule has 13 atom stereocenters. The fraction of sp³-hybridized carbons (Fsp3) is 0.714. The molecule has 2 fully saturated rings. The van der Waals surface area contributed by atoms with Crippen LogP contribution < -0.4 is 43.8 Å². The highest BCUT2D eigenvalue weighted by Crippen LogP contribution is 2.32. The van der Waals surface area contributed by atoms with Crippen molar-refractivity contribution in [2.24, 2.45) is 75.5 Å². The number of nitrogens with one attached hydrogen (secondary N) is 5. The van der Waals surface area contributed by atoms with Crippen molar-refractivity contribution in [3.05, 3.63) is 36.1 Å². The Hall–Kier alpha value is -7.28. The largest absolute Gasteiger partial charge is 0.481 e. The van der Waals surface area contributed by atoms with Gasteiger partial charge in [-0.2, -0.15) is 0 Å². The van der Waals surface area contributed by atoms with E-state index in [9.17, 15) is 67.7 Å². The molecule has 95 heavy (non-hydrogen) atoms. The number of carbonyl (C=O) groups excluding carboxylic acids is 11. The second kappa shape index (κ2) is 39.7. The molecular weight excluding hydrogens is 1220 g/mol. The summed E-state index contributed by atoms with van der Waals surface area (Å²) in [6.45, 7) is 16.2. The average molecular weight is 1330 g/mol. The third-order valence-corrected chi connectivity index (χ3v) is 18.8. The Kier molecular flexibility index (Phi) is 33.5. The summed E-state index contributed by atoms with van der Waals surface area (Å²) in [6.07, 6.45) is 12.2. The molecule has 3 heterocycles. The van der Waals surface area contributed by atoms with Crippen LogP contribution in [-0.4, -0.2) is 153 Å². The van der Waals surface area contributed by atoms with Crippen LogP contribution in [0.15, 0.2) is 41.1 Å². The van der Waals surface area contributed by atoms with Crippen molar-refractivity contribution in [1.29, 1.82) is 0 Å². The summed E-state index contributed by atoms with van der Waals surface area (Å²) >= 11 is 0. The molecule has 530 valence electrons. The molecule has 3 aliphatic heterocycles. The van der Waals surface area contributed by atoms with Gasteiger partial charge in [-0.05, 0) is 127 Å². The number of allylic oxidation sites excluding steroid dienone is 4.